The summed E-state index contributed by atoms with van der Waals surface area (Å²) >= 11 is 7.65. The number of halogens is 4. The molecule has 1 aliphatic rings. The van der Waals surface area contributed by atoms with Gasteiger partial charge >= 0.3 is 12.1 Å². The minimum Gasteiger partial charge on any atom is -0.491 e. The van der Waals surface area contributed by atoms with Crippen LogP contribution in [0.3, 0.4) is 0 Å². The predicted molar refractivity (Wildman–Crippen MR) is 186 cm³/mol. The maximum Gasteiger partial charge on any atom is 0.416 e. The van der Waals surface area contributed by atoms with Crippen LogP contribution < -0.4 is 10.3 Å². The molecule has 0 radical (unpaired) electrons. The number of carboxylic acid groups (broad SMARTS) is 1. The third-order valence-electron chi connectivity index (χ3n) is 9.27. The largest absolute Gasteiger partial charge is 0.491 e. The molecule has 2 aromatic carbocycles. The Morgan fingerprint density at radius 1 is 1.18 bits per heavy atom. The Bertz CT molecular complexity index is 2240. The fourth-order valence-corrected chi connectivity index (χ4v) is 7.80. The number of aryl methyl sites for hydroxylation is 2. The zero-order valence-electron chi connectivity index (χ0n) is 27.5. The van der Waals surface area contributed by atoms with Crippen molar-refractivity contribution in [2.45, 2.75) is 52.3 Å². The molecule has 0 unspecified atom stereocenters. The molecule has 1 N–H and O–H groups in total. The van der Waals surface area contributed by atoms with E-state index in [1.54, 1.807) is 23.6 Å². The average Bonchev–Trinajstić information content (AvgIpc) is 3.51. The monoisotopic (exact) mass is 723 g/mol. The lowest BCUT2D eigenvalue weighted by molar-refractivity contribution is -0.138. The van der Waals surface area contributed by atoms with Crippen LogP contribution in [0, 0.1) is 24.2 Å². The van der Waals surface area contributed by atoms with Crippen molar-refractivity contribution in [1.29, 1.82) is 5.26 Å². The van der Waals surface area contributed by atoms with Crippen molar-refractivity contribution in [3.05, 3.63) is 84.9 Å². The Morgan fingerprint density at radius 3 is 2.58 bits per heavy atom. The van der Waals surface area contributed by atoms with Crippen LogP contribution in [0.25, 0.3) is 32.2 Å². The fraction of sp³-hybridized carbons (Fsp3) is 0.361. The zero-order chi connectivity index (χ0) is 35.9. The van der Waals surface area contributed by atoms with Crippen molar-refractivity contribution in [3.8, 4) is 22.9 Å². The molecule has 50 heavy (non-hydrogen) atoms. The number of likely N-dealkylation sites (tertiary alicyclic amines) is 1. The van der Waals surface area contributed by atoms with E-state index in [9.17, 15) is 33.1 Å². The number of carbonyl (C=O) groups is 1. The van der Waals surface area contributed by atoms with Gasteiger partial charge in [-0.05, 0) is 94.6 Å². The first-order valence-electron chi connectivity index (χ1n) is 16.1. The summed E-state index contributed by atoms with van der Waals surface area (Å²) in [5.41, 5.74) is 0.266. The highest BCUT2D eigenvalue weighted by molar-refractivity contribution is 7.18. The second kappa shape index (κ2) is 14.0. The van der Waals surface area contributed by atoms with Gasteiger partial charge in [0.05, 0.1) is 44.4 Å². The van der Waals surface area contributed by atoms with E-state index < -0.39 is 23.3 Å². The number of ether oxygens (including phenoxy) is 1. The van der Waals surface area contributed by atoms with Crippen molar-refractivity contribution in [2.75, 3.05) is 26.7 Å². The third kappa shape index (κ3) is 6.80. The molecule has 3 aromatic heterocycles. The number of nitrogens with zero attached hydrogens (tertiary/aromatic N) is 5. The normalized spacial score (nSPS) is 14.4. The van der Waals surface area contributed by atoms with E-state index >= 15 is 0 Å². The number of pyridine rings is 1. The molecule has 0 bridgehead atoms. The summed E-state index contributed by atoms with van der Waals surface area (Å²) in [5, 5.41) is 21.8. The van der Waals surface area contributed by atoms with E-state index in [0.717, 1.165) is 19.2 Å². The highest BCUT2D eigenvalue weighted by atomic mass is 35.5. The summed E-state index contributed by atoms with van der Waals surface area (Å²) in [6.07, 6.45) is -2.76. The minimum atomic E-state index is -4.73. The van der Waals surface area contributed by atoms with E-state index in [-0.39, 0.29) is 58.9 Å². The van der Waals surface area contributed by atoms with Crippen molar-refractivity contribution >= 4 is 50.0 Å². The molecule has 1 saturated heterocycles. The van der Waals surface area contributed by atoms with Gasteiger partial charge in [0.15, 0.2) is 0 Å². The quantitative estimate of drug-likeness (QED) is 0.164. The number of benzene rings is 2. The molecule has 4 heterocycles. The lowest BCUT2D eigenvalue weighted by Crippen LogP contribution is -2.32. The van der Waals surface area contributed by atoms with E-state index in [0.29, 0.717) is 57.1 Å². The van der Waals surface area contributed by atoms with Crippen LogP contribution in [0.2, 0.25) is 5.02 Å². The fourth-order valence-electron chi connectivity index (χ4n) is 6.62. The molecule has 0 aliphatic carbocycles. The van der Waals surface area contributed by atoms with E-state index in [1.807, 2.05) is 26.1 Å². The molecule has 9 nitrogen and oxygen atoms in total. The summed E-state index contributed by atoms with van der Waals surface area (Å²) in [4.78, 5) is 36.9. The molecule has 0 spiro atoms. The average molecular weight is 724 g/mol. The molecule has 0 atom stereocenters. The molecule has 0 saturated carbocycles. The van der Waals surface area contributed by atoms with Gasteiger partial charge in [-0.2, -0.15) is 18.4 Å². The predicted octanol–water partition coefficient (Wildman–Crippen LogP) is 7.75. The molecular formula is C36H33ClF3N5O4S. The van der Waals surface area contributed by atoms with Crippen molar-refractivity contribution < 1.29 is 27.8 Å². The van der Waals surface area contributed by atoms with Crippen LogP contribution in [0.4, 0.5) is 13.2 Å². The summed E-state index contributed by atoms with van der Waals surface area (Å²) in [6.45, 7) is 4.88. The Hall–Kier alpha value is -4.51. The van der Waals surface area contributed by atoms with Gasteiger partial charge in [-0.3, -0.25) is 14.3 Å². The van der Waals surface area contributed by atoms with Crippen molar-refractivity contribution in [1.82, 2.24) is 19.4 Å². The second-order valence-corrected chi connectivity index (χ2v) is 13.8. The zero-order valence-corrected chi connectivity index (χ0v) is 29.1. The van der Waals surface area contributed by atoms with Crippen LogP contribution >= 0.6 is 22.9 Å². The number of rotatable bonds is 9. The first kappa shape index (κ1) is 35.3. The lowest BCUT2D eigenvalue weighted by Gasteiger charge is -2.30. The number of fused-ring (bicyclic) bond motifs is 2. The first-order valence-corrected chi connectivity index (χ1v) is 17.4. The third-order valence-corrected chi connectivity index (χ3v) is 10.5. The summed E-state index contributed by atoms with van der Waals surface area (Å²) in [5.74, 6) is -0.551. The smallest absolute Gasteiger partial charge is 0.416 e. The summed E-state index contributed by atoms with van der Waals surface area (Å²) in [6, 6.07) is 9.74. The number of carboxylic acids is 1. The van der Waals surface area contributed by atoms with Crippen molar-refractivity contribution in [3.63, 3.8) is 0 Å². The van der Waals surface area contributed by atoms with Gasteiger partial charge in [-0.1, -0.05) is 18.5 Å². The van der Waals surface area contributed by atoms with Crippen LogP contribution in [-0.4, -0.2) is 57.3 Å². The summed E-state index contributed by atoms with van der Waals surface area (Å²) < 4.78 is 51.3. The van der Waals surface area contributed by atoms with Crippen LogP contribution in [0.1, 0.15) is 58.3 Å². The van der Waals surface area contributed by atoms with Gasteiger partial charge in [-0.15, -0.1) is 11.3 Å². The van der Waals surface area contributed by atoms with E-state index in [1.165, 1.54) is 22.8 Å². The van der Waals surface area contributed by atoms with Gasteiger partial charge in [0.1, 0.15) is 24.3 Å². The highest BCUT2D eigenvalue weighted by Gasteiger charge is 2.37. The first-order chi connectivity index (χ1) is 23.8. The molecule has 1 fully saturated rings. The Kier molecular flexibility index (Phi) is 9.90. The second-order valence-electron chi connectivity index (χ2n) is 12.5. The lowest BCUT2D eigenvalue weighted by atomic mass is 9.85. The number of thiophene rings is 1. The van der Waals surface area contributed by atoms with Gasteiger partial charge in [0, 0.05) is 27.2 Å². The van der Waals surface area contributed by atoms with Gasteiger partial charge in [0.2, 0.25) is 0 Å². The topological polar surface area (TPSA) is 121 Å². The number of aromatic carboxylic acids is 1. The van der Waals surface area contributed by atoms with Crippen molar-refractivity contribution in [2.24, 2.45) is 5.92 Å². The molecule has 260 valence electrons. The van der Waals surface area contributed by atoms with E-state index in [2.05, 4.69) is 14.9 Å². The molecular weight excluding hydrogens is 691 g/mol. The highest BCUT2D eigenvalue weighted by Crippen LogP contribution is 2.41. The van der Waals surface area contributed by atoms with Gasteiger partial charge in [0.25, 0.3) is 5.56 Å². The van der Waals surface area contributed by atoms with Gasteiger partial charge < -0.3 is 14.7 Å². The number of piperidine rings is 1. The SMILES string of the molecule is CCc1cc(-c2cc(Cl)ccc2OCCn2c(C)nc3cc(C(F)(F)F)c(CC4CCN(C)CC4)c(C#N)c3c2=O)c2scc(C(=O)O)c2n1. The number of aromatic nitrogens is 3. The van der Waals surface area contributed by atoms with Crippen LogP contribution in [0.5, 0.6) is 5.75 Å². The number of nitriles is 1. The molecule has 14 heteroatoms. The molecule has 5 aromatic rings. The standard InChI is InChI=1S/C36H33ClF3N5O4S/c1-4-22-15-25(33-32(43-22)27(18-50-33)35(47)48)24-14-21(37)5-6-30(24)49-12-11-45-19(2)42-29-16-28(36(38,39)40)23(26(17-41)31(29)34(45)46)13-20-7-9-44(3)10-8-20/h5-6,14-16,18,20H,4,7-13H2,1-3H3,(H,47,48). The van der Waals surface area contributed by atoms with Gasteiger partial charge in [-0.25, -0.2) is 9.78 Å². The number of hydrogen-bond acceptors (Lipinski definition) is 8. The maximum atomic E-state index is 14.4. The number of hydrogen-bond donors (Lipinski definition) is 1. The minimum absolute atomic E-state index is 0.0139. The molecule has 1 aliphatic heterocycles. The van der Waals surface area contributed by atoms with Crippen LogP contribution in [-0.2, 0) is 25.6 Å². The maximum absolute atomic E-state index is 14.4. The van der Waals surface area contributed by atoms with Crippen LogP contribution in [0.15, 0.2) is 40.5 Å². The summed E-state index contributed by atoms with van der Waals surface area (Å²) in [7, 11) is 1.96. The Balaban J connectivity index is 1.37. The van der Waals surface area contributed by atoms with E-state index in [4.69, 9.17) is 16.3 Å². The Morgan fingerprint density at radius 2 is 1.92 bits per heavy atom. The number of alkyl halides is 3. The Labute approximate surface area is 294 Å². The molecule has 0 amide bonds. The molecule has 6 rings (SSSR count).